The van der Waals surface area contributed by atoms with Gasteiger partial charge in [-0.05, 0) is 34.0 Å². The summed E-state index contributed by atoms with van der Waals surface area (Å²) in [6, 6.07) is 14.6. The van der Waals surface area contributed by atoms with E-state index >= 15 is 0 Å². The van der Waals surface area contributed by atoms with Crippen molar-refractivity contribution >= 4 is 10.8 Å². The molecule has 0 atom stereocenters. The smallest absolute Gasteiger partial charge is 0.418 e. The van der Waals surface area contributed by atoms with Gasteiger partial charge in [0.05, 0.1) is 0 Å². The molecule has 0 aliphatic rings. The zero-order chi connectivity index (χ0) is 15.0. The van der Waals surface area contributed by atoms with Gasteiger partial charge >= 0.3 is 11.8 Å². The summed E-state index contributed by atoms with van der Waals surface area (Å²) in [5.41, 5.74) is -0.301. The van der Waals surface area contributed by atoms with Gasteiger partial charge in [0.1, 0.15) is 0 Å². The first-order valence-corrected chi connectivity index (χ1v) is 6.15. The van der Waals surface area contributed by atoms with E-state index in [0.717, 1.165) is 22.9 Å². The van der Waals surface area contributed by atoms with Gasteiger partial charge in [0, 0.05) is 6.07 Å². The van der Waals surface area contributed by atoms with Crippen LogP contribution in [0.25, 0.3) is 21.9 Å². The second-order valence-corrected chi connectivity index (χ2v) is 4.59. The molecule has 0 N–H and O–H groups in total. The van der Waals surface area contributed by atoms with Crippen molar-refractivity contribution < 1.29 is 17.6 Å². The van der Waals surface area contributed by atoms with Crippen molar-refractivity contribution in [3.8, 4) is 11.1 Å². The highest BCUT2D eigenvalue weighted by Crippen LogP contribution is 2.31. The van der Waals surface area contributed by atoms with Crippen molar-refractivity contribution in [1.29, 1.82) is 0 Å². The van der Waals surface area contributed by atoms with Gasteiger partial charge < -0.3 is 4.42 Å². The monoisotopic (exact) mass is 290 g/mol. The second-order valence-electron chi connectivity index (χ2n) is 4.59. The molecule has 0 radical (unpaired) electrons. The highest BCUT2D eigenvalue weighted by atomic mass is 19.4. The molecule has 2 aromatic carbocycles. The first-order chi connectivity index (χ1) is 9.93. The Hall–Kier alpha value is -2.56. The summed E-state index contributed by atoms with van der Waals surface area (Å²) < 4.78 is 42.3. The van der Waals surface area contributed by atoms with Crippen LogP contribution in [0.3, 0.4) is 0 Å². The van der Waals surface area contributed by atoms with Crippen LogP contribution in [0.2, 0.25) is 0 Å². The number of rotatable bonds is 1. The van der Waals surface area contributed by atoms with Crippen molar-refractivity contribution in [2.75, 3.05) is 0 Å². The first kappa shape index (κ1) is 13.4. The van der Waals surface area contributed by atoms with E-state index in [0.29, 0.717) is 5.56 Å². The Kier molecular flexibility index (Phi) is 3.05. The quantitative estimate of drug-likeness (QED) is 0.661. The van der Waals surface area contributed by atoms with Gasteiger partial charge in [0.25, 0.3) is 0 Å². The standard InChI is InChI=1S/C16H9F3O2/c17-16(18,19)14-8-13(9-15(20)21-14)12-6-5-10-3-1-2-4-11(10)7-12/h1-9H. The summed E-state index contributed by atoms with van der Waals surface area (Å²) in [6.07, 6.45) is -4.69. The number of benzene rings is 2. The third kappa shape index (κ3) is 2.67. The van der Waals surface area contributed by atoms with Crippen LogP contribution in [-0.4, -0.2) is 0 Å². The first-order valence-electron chi connectivity index (χ1n) is 6.15. The predicted octanol–water partition coefficient (Wildman–Crippen LogP) is 4.48. The van der Waals surface area contributed by atoms with Crippen LogP contribution >= 0.6 is 0 Å². The molecule has 0 saturated heterocycles. The number of alkyl halides is 3. The lowest BCUT2D eigenvalue weighted by atomic mass is 10.0. The number of halogens is 3. The molecule has 0 spiro atoms. The van der Waals surface area contributed by atoms with E-state index in [1.165, 1.54) is 0 Å². The summed E-state index contributed by atoms with van der Waals surface area (Å²) in [7, 11) is 0. The zero-order valence-electron chi connectivity index (χ0n) is 10.6. The van der Waals surface area contributed by atoms with Gasteiger partial charge in [-0.3, -0.25) is 0 Å². The van der Waals surface area contributed by atoms with Crippen LogP contribution in [-0.2, 0) is 6.18 Å². The van der Waals surface area contributed by atoms with E-state index in [1.54, 1.807) is 18.2 Å². The molecule has 1 heterocycles. The molecule has 3 aromatic rings. The molecule has 0 fully saturated rings. The molecular formula is C16H9F3O2. The molecule has 106 valence electrons. The Morgan fingerprint density at radius 3 is 2.24 bits per heavy atom. The van der Waals surface area contributed by atoms with Crippen molar-refractivity contribution in [3.63, 3.8) is 0 Å². The molecule has 2 nitrogen and oxygen atoms in total. The van der Waals surface area contributed by atoms with Crippen LogP contribution in [0.15, 0.2) is 63.8 Å². The lowest BCUT2D eigenvalue weighted by Gasteiger charge is -2.08. The third-order valence-electron chi connectivity index (χ3n) is 3.13. The summed E-state index contributed by atoms with van der Waals surface area (Å²) >= 11 is 0. The number of hydrogen-bond donors (Lipinski definition) is 0. The fourth-order valence-corrected chi connectivity index (χ4v) is 2.15. The molecule has 0 unspecified atom stereocenters. The molecule has 0 aliphatic heterocycles. The lowest BCUT2D eigenvalue weighted by Crippen LogP contribution is -2.10. The van der Waals surface area contributed by atoms with Crippen molar-refractivity contribution in [3.05, 3.63) is 70.8 Å². The molecule has 0 amide bonds. The fraction of sp³-hybridized carbons (Fsp3) is 0.0625. The minimum Gasteiger partial charge on any atom is -0.418 e. The van der Waals surface area contributed by atoms with Crippen molar-refractivity contribution in [1.82, 2.24) is 0 Å². The third-order valence-corrected chi connectivity index (χ3v) is 3.13. The molecular weight excluding hydrogens is 281 g/mol. The summed E-state index contributed by atoms with van der Waals surface area (Å²) in [5.74, 6) is -1.29. The van der Waals surface area contributed by atoms with Crippen LogP contribution < -0.4 is 5.63 Å². The van der Waals surface area contributed by atoms with Gasteiger partial charge in [0.2, 0.25) is 5.76 Å². The molecule has 5 heteroatoms. The average Bonchev–Trinajstić information content (AvgIpc) is 2.45. The maximum Gasteiger partial charge on any atom is 0.449 e. The van der Waals surface area contributed by atoms with Gasteiger partial charge in [-0.15, -0.1) is 0 Å². The van der Waals surface area contributed by atoms with E-state index in [2.05, 4.69) is 4.42 Å². The van der Waals surface area contributed by atoms with Crippen molar-refractivity contribution in [2.24, 2.45) is 0 Å². The molecule has 1 aromatic heterocycles. The van der Waals surface area contributed by atoms with Crippen LogP contribution in [0, 0.1) is 0 Å². The Labute approximate surface area is 117 Å². The van der Waals surface area contributed by atoms with E-state index in [4.69, 9.17) is 0 Å². The summed E-state index contributed by atoms with van der Waals surface area (Å²) in [5, 5.41) is 1.86. The number of hydrogen-bond acceptors (Lipinski definition) is 2. The van der Waals surface area contributed by atoms with Gasteiger partial charge in [-0.2, -0.15) is 13.2 Å². The van der Waals surface area contributed by atoms with Gasteiger partial charge in [-0.25, -0.2) is 4.79 Å². The highest BCUT2D eigenvalue weighted by Gasteiger charge is 2.34. The SMILES string of the molecule is O=c1cc(-c2ccc3ccccc3c2)cc(C(F)(F)F)o1. The topological polar surface area (TPSA) is 30.2 Å². The molecule has 0 aliphatic carbocycles. The van der Waals surface area contributed by atoms with E-state index in [1.807, 2.05) is 24.3 Å². The summed E-state index contributed by atoms with van der Waals surface area (Å²) in [6.45, 7) is 0. The Morgan fingerprint density at radius 1 is 0.810 bits per heavy atom. The molecule has 0 bridgehead atoms. The van der Waals surface area contributed by atoms with Crippen LogP contribution in [0.1, 0.15) is 5.76 Å². The second kappa shape index (κ2) is 4.77. The van der Waals surface area contributed by atoms with Crippen LogP contribution in [0.5, 0.6) is 0 Å². The largest absolute Gasteiger partial charge is 0.449 e. The van der Waals surface area contributed by atoms with Gasteiger partial charge in [-0.1, -0.05) is 36.4 Å². The Bertz CT molecular complexity index is 863. The van der Waals surface area contributed by atoms with Crippen LogP contribution in [0.4, 0.5) is 13.2 Å². The fourth-order valence-electron chi connectivity index (χ4n) is 2.15. The normalized spacial score (nSPS) is 11.8. The minimum atomic E-state index is -4.69. The maximum atomic E-state index is 12.7. The Balaban J connectivity index is 2.18. The Morgan fingerprint density at radius 2 is 1.52 bits per heavy atom. The lowest BCUT2D eigenvalue weighted by molar-refractivity contribution is -0.154. The highest BCUT2D eigenvalue weighted by molar-refractivity contribution is 5.87. The molecule has 21 heavy (non-hydrogen) atoms. The van der Waals surface area contributed by atoms with E-state index < -0.39 is 17.6 Å². The summed E-state index contributed by atoms with van der Waals surface area (Å²) in [4.78, 5) is 11.3. The number of fused-ring (bicyclic) bond motifs is 1. The minimum absolute atomic E-state index is 0.185. The average molecular weight is 290 g/mol. The van der Waals surface area contributed by atoms with E-state index in [-0.39, 0.29) is 5.56 Å². The molecule has 0 saturated carbocycles. The maximum absolute atomic E-state index is 12.7. The predicted molar refractivity (Wildman–Crippen MR) is 72.9 cm³/mol. The van der Waals surface area contributed by atoms with E-state index in [9.17, 15) is 18.0 Å². The van der Waals surface area contributed by atoms with Crippen molar-refractivity contribution in [2.45, 2.75) is 6.18 Å². The van der Waals surface area contributed by atoms with Gasteiger partial charge in [0.15, 0.2) is 0 Å². The molecule has 3 rings (SSSR count). The zero-order valence-corrected chi connectivity index (χ0v) is 10.6.